The quantitative estimate of drug-likeness (QED) is 0.424. The maximum atomic E-state index is 13.4. The monoisotopic (exact) mass is 505 g/mol. The van der Waals surface area contributed by atoms with Crippen LogP contribution in [0, 0.1) is 5.82 Å². The van der Waals surface area contributed by atoms with E-state index in [-0.39, 0.29) is 29.3 Å². The van der Waals surface area contributed by atoms with Crippen molar-refractivity contribution >= 4 is 46.6 Å². The second-order valence-electron chi connectivity index (χ2n) is 8.65. The summed E-state index contributed by atoms with van der Waals surface area (Å²) in [7, 11) is 0. The molecule has 2 N–H and O–H groups in total. The number of likely N-dealkylation sites (N-methyl/N-ethyl adjacent to an activating group) is 1. The highest BCUT2D eigenvalue weighted by Crippen LogP contribution is 2.30. The van der Waals surface area contributed by atoms with Crippen molar-refractivity contribution in [2.75, 3.05) is 23.7 Å². The summed E-state index contributed by atoms with van der Waals surface area (Å²) in [6.07, 6.45) is 0. The Balaban J connectivity index is 1.78. The molecule has 2 aromatic carbocycles. The topological polar surface area (TPSA) is 79.3 Å². The molecule has 3 amide bonds. The number of benzene rings is 2. The number of nitrogens with zero attached hydrogens (tertiary/aromatic N) is 3. The van der Waals surface area contributed by atoms with Crippen LogP contribution in [0.15, 0.2) is 48.5 Å². The maximum absolute atomic E-state index is 13.4. The molecule has 0 aliphatic rings. The van der Waals surface area contributed by atoms with Gasteiger partial charge >= 0.3 is 6.03 Å². The minimum absolute atomic E-state index is 0.208. The molecule has 34 heavy (non-hydrogen) atoms. The van der Waals surface area contributed by atoms with E-state index in [1.807, 2.05) is 20.8 Å². The SMILES string of the molecule is CCN(CC(=O)Nc1cc(C(C)(C)C)nn1-c1ccc(F)cc1)C(=O)Nc1cccc(Cl)c1Cl. The van der Waals surface area contributed by atoms with E-state index in [4.69, 9.17) is 23.2 Å². The number of carbonyl (C=O) groups excluding carboxylic acids is 2. The van der Waals surface area contributed by atoms with E-state index in [9.17, 15) is 14.0 Å². The van der Waals surface area contributed by atoms with Crippen LogP contribution in [0.4, 0.5) is 20.7 Å². The lowest BCUT2D eigenvalue weighted by atomic mass is 9.92. The third-order valence-corrected chi connectivity index (χ3v) is 5.83. The molecule has 0 saturated heterocycles. The molecule has 1 heterocycles. The van der Waals surface area contributed by atoms with Crippen molar-refractivity contribution in [1.82, 2.24) is 14.7 Å². The van der Waals surface area contributed by atoms with Gasteiger partial charge in [0.25, 0.3) is 0 Å². The van der Waals surface area contributed by atoms with Crippen LogP contribution < -0.4 is 10.6 Å². The van der Waals surface area contributed by atoms with E-state index in [2.05, 4.69) is 15.7 Å². The summed E-state index contributed by atoms with van der Waals surface area (Å²) in [6.45, 7) is 7.83. The molecule has 3 rings (SSSR count). The number of anilines is 2. The highest BCUT2D eigenvalue weighted by molar-refractivity contribution is 6.43. The van der Waals surface area contributed by atoms with Crippen LogP contribution in [0.1, 0.15) is 33.4 Å². The minimum atomic E-state index is -0.496. The Morgan fingerprint density at radius 3 is 2.38 bits per heavy atom. The molecule has 10 heteroatoms. The maximum Gasteiger partial charge on any atom is 0.322 e. The lowest BCUT2D eigenvalue weighted by molar-refractivity contribution is -0.116. The first kappa shape index (κ1) is 25.5. The van der Waals surface area contributed by atoms with Gasteiger partial charge in [0.1, 0.15) is 18.2 Å². The predicted octanol–water partition coefficient (Wildman–Crippen LogP) is 6.11. The Kier molecular flexibility index (Phi) is 7.84. The molecule has 0 aliphatic heterocycles. The van der Waals surface area contributed by atoms with Crippen LogP contribution in [0.2, 0.25) is 10.0 Å². The van der Waals surface area contributed by atoms with Crippen LogP contribution in [-0.4, -0.2) is 39.7 Å². The van der Waals surface area contributed by atoms with Crippen LogP contribution in [0.5, 0.6) is 0 Å². The van der Waals surface area contributed by atoms with Gasteiger partial charge in [-0.1, -0.05) is 50.0 Å². The summed E-state index contributed by atoms with van der Waals surface area (Å²) in [5.41, 5.74) is 1.40. The predicted molar refractivity (Wildman–Crippen MR) is 134 cm³/mol. The van der Waals surface area contributed by atoms with Crippen molar-refractivity contribution in [3.05, 3.63) is 70.1 Å². The van der Waals surface area contributed by atoms with Crippen molar-refractivity contribution < 1.29 is 14.0 Å². The van der Waals surface area contributed by atoms with E-state index < -0.39 is 11.9 Å². The van der Waals surface area contributed by atoms with Gasteiger partial charge in [-0.05, 0) is 43.3 Å². The summed E-state index contributed by atoms with van der Waals surface area (Å²) < 4.78 is 15.0. The molecular formula is C24H26Cl2FN5O2. The number of nitrogens with one attached hydrogen (secondary N) is 2. The molecule has 0 fully saturated rings. The van der Waals surface area contributed by atoms with E-state index in [0.29, 0.717) is 22.2 Å². The second-order valence-corrected chi connectivity index (χ2v) is 9.43. The van der Waals surface area contributed by atoms with Gasteiger partial charge < -0.3 is 15.5 Å². The molecule has 0 atom stereocenters. The fourth-order valence-corrected chi connectivity index (χ4v) is 3.44. The van der Waals surface area contributed by atoms with Gasteiger partial charge in [-0.3, -0.25) is 4.79 Å². The largest absolute Gasteiger partial charge is 0.322 e. The van der Waals surface area contributed by atoms with Crippen molar-refractivity contribution in [2.45, 2.75) is 33.1 Å². The van der Waals surface area contributed by atoms with Crippen LogP contribution in [-0.2, 0) is 10.2 Å². The van der Waals surface area contributed by atoms with Crippen LogP contribution in [0.25, 0.3) is 5.69 Å². The van der Waals surface area contributed by atoms with Crippen LogP contribution in [0.3, 0.4) is 0 Å². The highest BCUT2D eigenvalue weighted by Gasteiger charge is 2.23. The zero-order valence-corrected chi connectivity index (χ0v) is 20.8. The fourth-order valence-electron chi connectivity index (χ4n) is 3.09. The zero-order chi connectivity index (χ0) is 25.0. The van der Waals surface area contributed by atoms with Gasteiger partial charge in [-0.25, -0.2) is 13.9 Å². The van der Waals surface area contributed by atoms with Gasteiger partial charge in [0.2, 0.25) is 5.91 Å². The zero-order valence-electron chi connectivity index (χ0n) is 19.3. The summed E-state index contributed by atoms with van der Waals surface area (Å²) >= 11 is 12.1. The lowest BCUT2D eigenvalue weighted by Gasteiger charge is -2.21. The molecule has 0 bridgehead atoms. The van der Waals surface area contributed by atoms with E-state index >= 15 is 0 Å². The smallest absolute Gasteiger partial charge is 0.315 e. The molecule has 3 aromatic rings. The fraction of sp³-hybridized carbons (Fsp3) is 0.292. The normalized spacial score (nSPS) is 11.3. The molecule has 0 saturated carbocycles. The number of carbonyl (C=O) groups is 2. The average molecular weight is 506 g/mol. The number of hydrogen-bond acceptors (Lipinski definition) is 3. The lowest BCUT2D eigenvalue weighted by Crippen LogP contribution is -2.40. The molecule has 1 aromatic heterocycles. The molecule has 0 radical (unpaired) electrons. The first-order valence-electron chi connectivity index (χ1n) is 10.7. The Morgan fingerprint density at radius 1 is 1.09 bits per heavy atom. The van der Waals surface area contributed by atoms with Crippen LogP contribution >= 0.6 is 23.2 Å². The van der Waals surface area contributed by atoms with Gasteiger partial charge in [0.15, 0.2) is 0 Å². The molecule has 0 aliphatic carbocycles. The van der Waals surface area contributed by atoms with Gasteiger partial charge in [-0.15, -0.1) is 0 Å². The van der Waals surface area contributed by atoms with E-state index in [1.165, 1.54) is 17.0 Å². The van der Waals surface area contributed by atoms with Crippen molar-refractivity contribution in [3.63, 3.8) is 0 Å². The van der Waals surface area contributed by atoms with Gasteiger partial charge in [-0.2, -0.15) is 5.10 Å². The molecule has 0 spiro atoms. The molecule has 180 valence electrons. The molecular weight excluding hydrogens is 480 g/mol. The van der Waals surface area contributed by atoms with E-state index in [0.717, 1.165) is 5.69 Å². The molecule has 7 nitrogen and oxygen atoms in total. The Hall–Kier alpha value is -3.10. The third-order valence-electron chi connectivity index (χ3n) is 5.01. The average Bonchev–Trinajstić information content (AvgIpc) is 3.20. The Bertz CT molecular complexity index is 1190. The number of aromatic nitrogens is 2. The first-order chi connectivity index (χ1) is 16.0. The molecule has 0 unspecified atom stereocenters. The van der Waals surface area contributed by atoms with E-state index in [1.54, 1.807) is 48.0 Å². The summed E-state index contributed by atoms with van der Waals surface area (Å²) in [4.78, 5) is 26.9. The second kappa shape index (κ2) is 10.4. The summed E-state index contributed by atoms with van der Waals surface area (Å²) in [6, 6.07) is 12.0. The number of halogens is 3. The number of urea groups is 1. The Morgan fingerprint density at radius 2 is 1.76 bits per heavy atom. The number of amides is 3. The van der Waals surface area contributed by atoms with Crippen molar-refractivity contribution in [2.24, 2.45) is 0 Å². The third kappa shape index (κ3) is 6.07. The summed E-state index contributed by atoms with van der Waals surface area (Å²) in [5.74, 6) is -0.379. The number of rotatable bonds is 6. The first-order valence-corrected chi connectivity index (χ1v) is 11.4. The Labute approximate surface area is 207 Å². The van der Waals surface area contributed by atoms with Crippen molar-refractivity contribution in [3.8, 4) is 5.69 Å². The highest BCUT2D eigenvalue weighted by atomic mass is 35.5. The van der Waals surface area contributed by atoms with Gasteiger partial charge in [0, 0.05) is 18.0 Å². The number of hydrogen-bond donors (Lipinski definition) is 2. The van der Waals surface area contributed by atoms with Gasteiger partial charge in [0.05, 0.1) is 27.1 Å². The minimum Gasteiger partial charge on any atom is -0.315 e. The summed E-state index contributed by atoms with van der Waals surface area (Å²) in [5, 5.41) is 10.6. The van der Waals surface area contributed by atoms with Crippen molar-refractivity contribution in [1.29, 1.82) is 0 Å². The standard InChI is InChI=1S/C24H26Cl2FN5O2/c1-5-31(23(34)28-18-8-6-7-17(25)22(18)26)14-21(33)29-20-13-19(24(2,3)4)30-32(20)16-11-9-15(27)10-12-16/h6-13H,5,14H2,1-4H3,(H,28,34)(H,29,33).